The predicted octanol–water partition coefficient (Wildman–Crippen LogP) is 3.35. The van der Waals surface area contributed by atoms with Gasteiger partial charge in [0.15, 0.2) is 0 Å². The number of hydrogen-bond donors (Lipinski definition) is 1. The fraction of sp³-hybridized carbons (Fsp3) is 0.375. The van der Waals surface area contributed by atoms with Crippen molar-refractivity contribution in [3.05, 3.63) is 45.9 Å². The third-order valence-electron chi connectivity index (χ3n) is 3.33. The molecule has 1 aliphatic carbocycles. The van der Waals surface area contributed by atoms with Gasteiger partial charge >= 0.3 is 0 Å². The Morgan fingerprint density at radius 3 is 3.10 bits per heavy atom. The Balaban J connectivity index is 1.58. The Morgan fingerprint density at radius 1 is 1.48 bits per heavy atom. The number of rotatable bonds is 6. The van der Waals surface area contributed by atoms with Crippen molar-refractivity contribution in [3.63, 3.8) is 0 Å². The SMILES string of the molecule is CCOc1cccc(C(=O)NCc2csc(C3CC3)n2)c1. The molecule has 4 nitrogen and oxygen atoms in total. The summed E-state index contributed by atoms with van der Waals surface area (Å²) in [5.41, 5.74) is 1.55. The van der Waals surface area contributed by atoms with Crippen molar-refractivity contribution in [1.82, 2.24) is 10.3 Å². The zero-order valence-electron chi connectivity index (χ0n) is 12.0. The predicted molar refractivity (Wildman–Crippen MR) is 82.9 cm³/mol. The zero-order valence-corrected chi connectivity index (χ0v) is 12.8. The monoisotopic (exact) mass is 302 g/mol. The first-order valence-electron chi connectivity index (χ1n) is 7.21. The number of amides is 1. The van der Waals surface area contributed by atoms with Crippen LogP contribution in [0.2, 0.25) is 0 Å². The molecule has 5 heteroatoms. The fourth-order valence-electron chi connectivity index (χ4n) is 2.09. The van der Waals surface area contributed by atoms with Crippen LogP contribution in [0.15, 0.2) is 29.6 Å². The molecule has 0 bridgehead atoms. The second-order valence-corrected chi connectivity index (χ2v) is 5.98. The van der Waals surface area contributed by atoms with Crippen LogP contribution in [0.25, 0.3) is 0 Å². The van der Waals surface area contributed by atoms with E-state index in [4.69, 9.17) is 4.74 Å². The number of carbonyl (C=O) groups is 1. The summed E-state index contributed by atoms with van der Waals surface area (Å²) >= 11 is 1.69. The quantitative estimate of drug-likeness (QED) is 0.890. The van der Waals surface area contributed by atoms with Gasteiger partial charge < -0.3 is 10.1 Å². The summed E-state index contributed by atoms with van der Waals surface area (Å²) in [5, 5.41) is 6.15. The lowest BCUT2D eigenvalue weighted by Crippen LogP contribution is -2.22. The number of benzene rings is 1. The lowest BCUT2D eigenvalue weighted by atomic mass is 10.2. The Bertz CT molecular complexity index is 635. The van der Waals surface area contributed by atoms with Crippen molar-refractivity contribution in [1.29, 1.82) is 0 Å². The van der Waals surface area contributed by atoms with Crippen molar-refractivity contribution in [2.75, 3.05) is 6.61 Å². The maximum Gasteiger partial charge on any atom is 0.251 e. The van der Waals surface area contributed by atoms with E-state index >= 15 is 0 Å². The van der Waals surface area contributed by atoms with Crippen LogP contribution in [-0.2, 0) is 6.54 Å². The number of thiazole rings is 1. The highest BCUT2D eigenvalue weighted by molar-refractivity contribution is 7.09. The number of nitrogens with zero attached hydrogens (tertiary/aromatic N) is 1. The fourth-order valence-corrected chi connectivity index (χ4v) is 3.08. The molecular formula is C16H18N2O2S. The number of aromatic nitrogens is 1. The molecule has 0 unspecified atom stereocenters. The molecule has 1 N–H and O–H groups in total. The lowest BCUT2D eigenvalue weighted by Gasteiger charge is -2.06. The summed E-state index contributed by atoms with van der Waals surface area (Å²) in [6, 6.07) is 7.22. The number of ether oxygens (including phenoxy) is 1. The van der Waals surface area contributed by atoms with Crippen molar-refractivity contribution >= 4 is 17.2 Å². The van der Waals surface area contributed by atoms with E-state index in [0.29, 0.717) is 24.6 Å². The average Bonchev–Trinajstić information content (AvgIpc) is 3.24. The van der Waals surface area contributed by atoms with E-state index in [1.54, 1.807) is 23.5 Å². The van der Waals surface area contributed by atoms with Gasteiger partial charge in [-0.15, -0.1) is 11.3 Å². The van der Waals surface area contributed by atoms with Gasteiger partial charge in [0.25, 0.3) is 5.91 Å². The summed E-state index contributed by atoms with van der Waals surface area (Å²) in [5.74, 6) is 1.29. The molecule has 3 rings (SSSR count). The van der Waals surface area contributed by atoms with Crippen LogP contribution in [0.3, 0.4) is 0 Å². The minimum Gasteiger partial charge on any atom is -0.494 e. The van der Waals surface area contributed by atoms with Crippen LogP contribution in [0.1, 0.15) is 46.7 Å². The molecule has 1 saturated carbocycles. The number of nitrogens with one attached hydrogen (secondary N) is 1. The van der Waals surface area contributed by atoms with E-state index in [-0.39, 0.29) is 5.91 Å². The van der Waals surface area contributed by atoms with Gasteiger partial charge in [-0.3, -0.25) is 4.79 Å². The standard InChI is InChI=1S/C16H18N2O2S/c1-2-20-14-5-3-4-12(8-14)15(19)17-9-13-10-21-16(18-13)11-6-7-11/h3-5,8,10-11H,2,6-7,9H2,1H3,(H,17,19). The highest BCUT2D eigenvalue weighted by Crippen LogP contribution is 2.41. The van der Waals surface area contributed by atoms with Crippen molar-refractivity contribution in [2.24, 2.45) is 0 Å². The molecule has 1 aromatic heterocycles. The molecule has 1 heterocycles. The summed E-state index contributed by atoms with van der Waals surface area (Å²) in [6.45, 7) is 2.99. The van der Waals surface area contributed by atoms with Gasteiger partial charge in [0.2, 0.25) is 0 Å². The van der Waals surface area contributed by atoms with Gasteiger partial charge in [0.05, 0.1) is 23.9 Å². The molecule has 0 aliphatic heterocycles. The second kappa shape index (κ2) is 6.26. The highest BCUT2D eigenvalue weighted by atomic mass is 32.1. The number of carbonyl (C=O) groups excluding carboxylic acids is 1. The maximum absolute atomic E-state index is 12.1. The minimum atomic E-state index is -0.0995. The van der Waals surface area contributed by atoms with Crippen LogP contribution in [0, 0.1) is 0 Å². The van der Waals surface area contributed by atoms with Crippen LogP contribution >= 0.6 is 11.3 Å². The first-order valence-corrected chi connectivity index (χ1v) is 8.09. The molecule has 1 aromatic carbocycles. The maximum atomic E-state index is 12.1. The van der Waals surface area contributed by atoms with Gasteiger partial charge in [0, 0.05) is 16.9 Å². The molecule has 1 amide bonds. The van der Waals surface area contributed by atoms with E-state index in [1.165, 1.54) is 17.8 Å². The topological polar surface area (TPSA) is 51.2 Å². The zero-order chi connectivity index (χ0) is 14.7. The van der Waals surface area contributed by atoms with Gasteiger partial charge in [-0.2, -0.15) is 0 Å². The van der Waals surface area contributed by atoms with Crippen LogP contribution in [0.4, 0.5) is 0 Å². The Hall–Kier alpha value is -1.88. The Kier molecular flexibility index (Phi) is 4.20. The summed E-state index contributed by atoms with van der Waals surface area (Å²) in [7, 11) is 0. The van der Waals surface area contributed by atoms with Gasteiger partial charge in [-0.1, -0.05) is 6.07 Å². The number of hydrogen-bond acceptors (Lipinski definition) is 4. The molecule has 0 radical (unpaired) electrons. The van der Waals surface area contributed by atoms with Gasteiger partial charge in [0.1, 0.15) is 5.75 Å². The largest absolute Gasteiger partial charge is 0.494 e. The summed E-state index contributed by atoms with van der Waals surface area (Å²) in [4.78, 5) is 16.7. The average molecular weight is 302 g/mol. The van der Waals surface area contributed by atoms with Crippen molar-refractivity contribution in [3.8, 4) is 5.75 Å². The van der Waals surface area contributed by atoms with Gasteiger partial charge in [-0.05, 0) is 38.0 Å². The Labute approximate surface area is 128 Å². The third kappa shape index (κ3) is 3.61. The summed E-state index contributed by atoms with van der Waals surface area (Å²) in [6.07, 6.45) is 2.51. The molecule has 0 atom stereocenters. The molecule has 1 aliphatic rings. The molecule has 0 saturated heterocycles. The van der Waals surface area contributed by atoms with E-state index in [9.17, 15) is 4.79 Å². The third-order valence-corrected chi connectivity index (χ3v) is 4.39. The Morgan fingerprint density at radius 2 is 2.33 bits per heavy atom. The van der Waals surface area contributed by atoms with Crippen molar-refractivity contribution in [2.45, 2.75) is 32.2 Å². The second-order valence-electron chi connectivity index (χ2n) is 5.09. The normalized spacial score (nSPS) is 14.0. The molecule has 110 valence electrons. The van der Waals surface area contributed by atoms with E-state index < -0.39 is 0 Å². The molecular weight excluding hydrogens is 284 g/mol. The van der Waals surface area contributed by atoms with Crippen molar-refractivity contribution < 1.29 is 9.53 Å². The summed E-state index contributed by atoms with van der Waals surface area (Å²) < 4.78 is 5.41. The van der Waals surface area contributed by atoms with Crippen LogP contribution in [-0.4, -0.2) is 17.5 Å². The highest BCUT2D eigenvalue weighted by Gasteiger charge is 2.26. The van der Waals surface area contributed by atoms with Gasteiger partial charge in [-0.25, -0.2) is 4.98 Å². The molecule has 0 spiro atoms. The smallest absolute Gasteiger partial charge is 0.251 e. The van der Waals surface area contributed by atoms with E-state index in [0.717, 1.165) is 11.4 Å². The molecule has 2 aromatic rings. The van der Waals surface area contributed by atoms with Crippen LogP contribution in [0.5, 0.6) is 5.75 Å². The molecule has 21 heavy (non-hydrogen) atoms. The minimum absolute atomic E-state index is 0.0995. The van der Waals surface area contributed by atoms with E-state index in [1.807, 2.05) is 24.4 Å². The lowest BCUT2D eigenvalue weighted by molar-refractivity contribution is 0.0950. The van der Waals surface area contributed by atoms with Crippen LogP contribution < -0.4 is 10.1 Å². The molecule has 1 fully saturated rings. The van der Waals surface area contributed by atoms with E-state index in [2.05, 4.69) is 10.3 Å². The first-order chi connectivity index (χ1) is 10.3. The first kappa shape index (κ1) is 14.1.